The molecule has 2 aliphatic heterocycles. The highest BCUT2D eigenvalue weighted by atomic mass is 16.2. The Morgan fingerprint density at radius 1 is 1.03 bits per heavy atom. The zero-order chi connectivity index (χ0) is 20.4. The van der Waals surface area contributed by atoms with Gasteiger partial charge in [-0.1, -0.05) is 23.8 Å². The zero-order valence-corrected chi connectivity index (χ0v) is 16.8. The molecule has 1 saturated heterocycles. The Labute approximate surface area is 170 Å². The molecular formula is C23H27N3O3. The van der Waals surface area contributed by atoms with Crippen LogP contribution in [0, 0.1) is 12.8 Å². The van der Waals surface area contributed by atoms with Crippen LogP contribution in [0.1, 0.15) is 42.9 Å². The van der Waals surface area contributed by atoms with Crippen molar-refractivity contribution in [2.45, 2.75) is 45.1 Å². The summed E-state index contributed by atoms with van der Waals surface area (Å²) >= 11 is 0. The van der Waals surface area contributed by atoms with Crippen LogP contribution in [-0.4, -0.2) is 34.4 Å². The van der Waals surface area contributed by atoms with E-state index >= 15 is 0 Å². The molecule has 2 atom stereocenters. The van der Waals surface area contributed by atoms with E-state index in [1.54, 1.807) is 6.07 Å². The van der Waals surface area contributed by atoms with Gasteiger partial charge in [0.15, 0.2) is 0 Å². The van der Waals surface area contributed by atoms with Crippen LogP contribution in [0.15, 0.2) is 47.3 Å². The number of fused-ring (bicyclic) bond motifs is 4. The van der Waals surface area contributed by atoms with Crippen molar-refractivity contribution in [3.05, 3.63) is 64.1 Å². The van der Waals surface area contributed by atoms with Gasteiger partial charge in [0.1, 0.15) is 0 Å². The molecule has 6 heteroatoms. The van der Waals surface area contributed by atoms with Crippen molar-refractivity contribution in [1.29, 1.82) is 0 Å². The minimum atomic E-state index is -0.0644. The van der Waals surface area contributed by atoms with E-state index in [1.807, 2.05) is 52.8 Å². The number of pyridine rings is 1. The van der Waals surface area contributed by atoms with Crippen molar-refractivity contribution in [1.82, 2.24) is 9.47 Å². The van der Waals surface area contributed by atoms with E-state index in [2.05, 4.69) is 5.32 Å². The number of hydrogen-bond acceptors (Lipinski definition) is 3. The maximum absolute atomic E-state index is 12.7. The molecule has 3 heterocycles. The first-order chi connectivity index (χ1) is 14.0. The standard InChI is InChI=1S/C23H27N3O3/c1-16-8-10-19(11-9-16)24-21(27)5-3-6-22(28)25-13-17-12-18(15-25)20-4-2-7-23(29)26(20)14-17/h2,4,7-11,17-18H,3,5-6,12-15H2,1H3,(H,24,27). The average molecular weight is 393 g/mol. The SMILES string of the molecule is Cc1ccc(NC(=O)CCCC(=O)N2CC3CC(C2)c2cccc(=O)n2C3)cc1. The number of rotatable bonds is 5. The molecule has 1 aromatic carbocycles. The van der Waals surface area contributed by atoms with E-state index in [0.717, 1.165) is 23.4 Å². The fourth-order valence-electron chi connectivity index (χ4n) is 4.52. The molecule has 2 amide bonds. The van der Waals surface area contributed by atoms with E-state index in [-0.39, 0.29) is 23.3 Å². The summed E-state index contributed by atoms with van der Waals surface area (Å²) in [6, 6.07) is 13.1. The first-order valence-corrected chi connectivity index (χ1v) is 10.3. The zero-order valence-electron chi connectivity index (χ0n) is 16.8. The molecule has 29 heavy (non-hydrogen) atoms. The fraction of sp³-hybridized carbons (Fsp3) is 0.435. The molecule has 2 bridgehead atoms. The number of aromatic nitrogens is 1. The topological polar surface area (TPSA) is 71.4 Å². The van der Waals surface area contributed by atoms with E-state index in [1.165, 1.54) is 0 Å². The van der Waals surface area contributed by atoms with Crippen LogP contribution in [0.2, 0.25) is 0 Å². The number of anilines is 1. The lowest BCUT2D eigenvalue weighted by atomic mass is 9.83. The molecule has 2 aromatic rings. The predicted octanol–water partition coefficient (Wildman–Crippen LogP) is 2.91. The van der Waals surface area contributed by atoms with Gasteiger partial charge < -0.3 is 14.8 Å². The summed E-state index contributed by atoms with van der Waals surface area (Å²) in [6.07, 6.45) is 2.28. The Hall–Kier alpha value is -2.89. The second-order valence-corrected chi connectivity index (χ2v) is 8.26. The maximum atomic E-state index is 12.7. The molecule has 6 nitrogen and oxygen atoms in total. The number of amides is 2. The van der Waals surface area contributed by atoms with Gasteiger partial charge in [0.2, 0.25) is 11.8 Å². The van der Waals surface area contributed by atoms with Gasteiger partial charge in [-0.15, -0.1) is 0 Å². The second kappa shape index (κ2) is 8.23. The number of piperidine rings is 1. The predicted molar refractivity (Wildman–Crippen MR) is 112 cm³/mol. The van der Waals surface area contributed by atoms with Crippen molar-refractivity contribution in [3.8, 4) is 0 Å². The lowest BCUT2D eigenvalue weighted by Crippen LogP contribution is -2.49. The van der Waals surface area contributed by atoms with Gasteiger partial charge in [0.25, 0.3) is 5.56 Å². The Bertz CT molecular complexity index is 964. The smallest absolute Gasteiger partial charge is 0.250 e. The molecule has 152 valence electrons. The van der Waals surface area contributed by atoms with E-state index in [0.29, 0.717) is 44.8 Å². The number of carbonyl (C=O) groups is 2. The summed E-state index contributed by atoms with van der Waals surface area (Å²) in [5, 5.41) is 2.87. The minimum Gasteiger partial charge on any atom is -0.342 e. The third kappa shape index (κ3) is 4.42. The van der Waals surface area contributed by atoms with Crippen LogP contribution in [-0.2, 0) is 16.1 Å². The highest BCUT2D eigenvalue weighted by Gasteiger charge is 2.35. The van der Waals surface area contributed by atoms with Crippen molar-refractivity contribution < 1.29 is 9.59 Å². The van der Waals surface area contributed by atoms with Gasteiger partial charge in [-0.2, -0.15) is 0 Å². The Balaban J connectivity index is 1.28. The quantitative estimate of drug-likeness (QED) is 0.849. The molecule has 0 saturated carbocycles. The lowest BCUT2D eigenvalue weighted by molar-refractivity contribution is -0.134. The van der Waals surface area contributed by atoms with Crippen molar-refractivity contribution in [2.24, 2.45) is 5.92 Å². The Kier molecular flexibility index (Phi) is 5.51. The Morgan fingerprint density at radius 3 is 2.62 bits per heavy atom. The van der Waals surface area contributed by atoms with Crippen LogP contribution < -0.4 is 10.9 Å². The van der Waals surface area contributed by atoms with Gasteiger partial charge in [0, 0.05) is 55.8 Å². The van der Waals surface area contributed by atoms with Gasteiger partial charge in [0.05, 0.1) is 0 Å². The monoisotopic (exact) mass is 393 g/mol. The van der Waals surface area contributed by atoms with E-state index < -0.39 is 0 Å². The average Bonchev–Trinajstić information content (AvgIpc) is 2.70. The number of aryl methyl sites for hydroxylation is 1. The second-order valence-electron chi connectivity index (χ2n) is 8.26. The molecule has 0 spiro atoms. The third-order valence-corrected chi connectivity index (χ3v) is 5.96. The molecule has 0 aliphatic carbocycles. The molecule has 1 N–H and O–H groups in total. The van der Waals surface area contributed by atoms with Crippen molar-refractivity contribution in [3.63, 3.8) is 0 Å². The van der Waals surface area contributed by atoms with Crippen molar-refractivity contribution >= 4 is 17.5 Å². The van der Waals surface area contributed by atoms with E-state index in [9.17, 15) is 14.4 Å². The van der Waals surface area contributed by atoms with Gasteiger partial charge in [-0.25, -0.2) is 0 Å². The van der Waals surface area contributed by atoms with Crippen LogP contribution in [0.25, 0.3) is 0 Å². The highest BCUT2D eigenvalue weighted by Crippen LogP contribution is 2.35. The number of carbonyl (C=O) groups excluding carboxylic acids is 2. The first-order valence-electron chi connectivity index (χ1n) is 10.3. The summed E-state index contributed by atoms with van der Waals surface area (Å²) in [6.45, 7) is 4.05. The molecule has 4 rings (SSSR count). The third-order valence-electron chi connectivity index (χ3n) is 5.96. The van der Waals surface area contributed by atoms with Gasteiger partial charge in [-0.05, 0) is 43.9 Å². The van der Waals surface area contributed by atoms with Gasteiger partial charge >= 0.3 is 0 Å². The molecular weight excluding hydrogens is 366 g/mol. The molecule has 2 unspecified atom stereocenters. The number of benzene rings is 1. The summed E-state index contributed by atoms with van der Waals surface area (Å²) in [4.78, 5) is 38.9. The maximum Gasteiger partial charge on any atom is 0.250 e. The summed E-state index contributed by atoms with van der Waals surface area (Å²) < 4.78 is 1.87. The van der Waals surface area contributed by atoms with Crippen LogP contribution >= 0.6 is 0 Å². The number of nitrogens with one attached hydrogen (secondary N) is 1. The minimum absolute atomic E-state index is 0.0524. The molecule has 2 aliphatic rings. The Morgan fingerprint density at radius 2 is 1.83 bits per heavy atom. The normalized spacial score (nSPS) is 20.1. The summed E-state index contributed by atoms with van der Waals surface area (Å²) in [5.41, 5.74) is 3.03. The summed E-state index contributed by atoms with van der Waals surface area (Å²) in [5.74, 6) is 0.598. The number of hydrogen-bond donors (Lipinski definition) is 1. The largest absolute Gasteiger partial charge is 0.342 e. The number of nitrogens with zero attached hydrogens (tertiary/aromatic N) is 2. The highest BCUT2D eigenvalue weighted by molar-refractivity contribution is 5.91. The lowest BCUT2D eigenvalue weighted by Gasteiger charge is -2.42. The van der Waals surface area contributed by atoms with Gasteiger partial charge in [-0.3, -0.25) is 14.4 Å². The molecule has 1 aromatic heterocycles. The fourth-order valence-corrected chi connectivity index (χ4v) is 4.52. The molecule has 0 radical (unpaired) electrons. The first kappa shape index (κ1) is 19.4. The van der Waals surface area contributed by atoms with Crippen LogP contribution in [0.4, 0.5) is 5.69 Å². The molecule has 1 fully saturated rings. The summed E-state index contributed by atoms with van der Waals surface area (Å²) in [7, 11) is 0. The van der Waals surface area contributed by atoms with Crippen molar-refractivity contribution in [2.75, 3.05) is 18.4 Å². The number of likely N-dealkylation sites (tertiary alicyclic amines) is 1. The van der Waals surface area contributed by atoms with E-state index in [4.69, 9.17) is 0 Å². The van der Waals surface area contributed by atoms with Crippen LogP contribution in [0.3, 0.4) is 0 Å². The van der Waals surface area contributed by atoms with Crippen LogP contribution in [0.5, 0.6) is 0 Å².